The number of carbonyl (C=O) groups is 1. The third-order valence-corrected chi connectivity index (χ3v) is 4.19. The number of amides is 1. The van der Waals surface area contributed by atoms with Crippen molar-refractivity contribution in [2.24, 2.45) is 0 Å². The minimum absolute atomic E-state index is 0.0202. The summed E-state index contributed by atoms with van der Waals surface area (Å²) in [6, 6.07) is 9.91. The molecule has 8 heteroatoms. The third kappa shape index (κ3) is 3.46. The predicted molar refractivity (Wildman–Crippen MR) is 90.5 cm³/mol. The van der Waals surface area contributed by atoms with E-state index in [1.54, 1.807) is 35.2 Å². The topological polar surface area (TPSA) is 79.6 Å². The number of aromatic nitrogens is 1. The largest absolute Gasteiger partial charge is 0.365 e. The maximum absolute atomic E-state index is 12.5. The second kappa shape index (κ2) is 6.84. The Hall–Kier alpha value is -2.67. The highest BCUT2D eigenvalue weighted by Gasteiger charge is 2.23. The van der Waals surface area contributed by atoms with Crippen molar-refractivity contribution < 1.29 is 9.72 Å². The number of nitro groups is 1. The van der Waals surface area contributed by atoms with Crippen molar-refractivity contribution in [3.05, 3.63) is 63.3 Å². The van der Waals surface area contributed by atoms with Gasteiger partial charge < -0.3 is 19.9 Å². The molecule has 3 rings (SSSR count). The van der Waals surface area contributed by atoms with Gasteiger partial charge in [-0.1, -0.05) is 11.6 Å². The number of rotatable bonds is 3. The molecule has 1 aromatic carbocycles. The van der Waals surface area contributed by atoms with Crippen molar-refractivity contribution in [2.75, 3.05) is 31.1 Å². The Bertz CT molecular complexity index is 741. The molecular weight excluding hydrogens is 332 g/mol. The Morgan fingerprint density at radius 3 is 2.29 bits per heavy atom. The van der Waals surface area contributed by atoms with Crippen molar-refractivity contribution in [1.29, 1.82) is 0 Å². The van der Waals surface area contributed by atoms with Crippen molar-refractivity contribution in [3.8, 4) is 0 Å². The van der Waals surface area contributed by atoms with Gasteiger partial charge >= 0.3 is 5.82 Å². The van der Waals surface area contributed by atoms with Crippen LogP contribution in [-0.4, -0.2) is 46.9 Å². The zero-order valence-corrected chi connectivity index (χ0v) is 13.5. The molecule has 0 radical (unpaired) electrons. The molecule has 1 aromatic heterocycles. The summed E-state index contributed by atoms with van der Waals surface area (Å²) in [5.41, 5.74) is 1.43. The predicted octanol–water partition coefficient (Wildman–Crippen LogP) is 2.61. The molecule has 2 heterocycles. The lowest BCUT2D eigenvalue weighted by molar-refractivity contribution is -0.389. The standard InChI is InChI=1S/C16H15ClN4O3/c17-13-3-1-12(2-4-13)16(22)20-9-7-19(8-10-20)14-5-6-15(18-11-14)21(23)24/h1-6,11H,7-10H2. The van der Waals surface area contributed by atoms with Gasteiger partial charge in [-0.2, -0.15) is 0 Å². The van der Waals surface area contributed by atoms with Gasteiger partial charge in [0.15, 0.2) is 6.20 Å². The maximum atomic E-state index is 12.5. The van der Waals surface area contributed by atoms with Crippen LogP contribution in [0.25, 0.3) is 0 Å². The zero-order chi connectivity index (χ0) is 17.1. The van der Waals surface area contributed by atoms with E-state index in [2.05, 4.69) is 9.88 Å². The normalized spacial score (nSPS) is 14.5. The molecule has 1 aliphatic heterocycles. The van der Waals surface area contributed by atoms with Gasteiger partial charge in [0.2, 0.25) is 0 Å². The Kier molecular flexibility index (Phi) is 4.61. The van der Waals surface area contributed by atoms with E-state index in [9.17, 15) is 14.9 Å². The maximum Gasteiger partial charge on any atom is 0.363 e. The summed E-state index contributed by atoms with van der Waals surface area (Å²) in [7, 11) is 0. The zero-order valence-electron chi connectivity index (χ0n) is 12.8. The highest BCUT2D eigenvalue weighted by Crippen LogP contribution is 2.19. The van der Waals surface area contributed by atoms with Crippen LogP contribution in [0.5, 0.6) is 0 Å². The van der Waals surface area contributed by atoms with Gasteiger partial charge in [0.25, 0.3) is 5.91 Å². The van der Waals surface area contributed by atoms with E-state index >= 15 is 0 Å². The van der Waals surface area contributed by atoms with Gasteiger partial charge in [-0.3, -0.25) is 4.79 Å². The molecule has 1 aliphatic rings. The summed E-state index contributed by atoms with van der Waals surface area (Å²) in [6.45, 7) is 2.47. The first-order valence-electron chi connectivity index (χ1n) is 7.45. The second-order valence-corrected chi connectivity index (χ2v) is 5.85. The quantitative estimate of drug-likeness (QED) is 0.630. The van der Waals surface area contributed by atoms with Crippen LogP contribution in [-0.2, 0) is 0 Å². The molecule has 1 fully saturated rings. The molecule has 0 spiro atoms. The molecule has 7 nitrogen and oxygen atoms in total. The molecule has 0 N–H and O–H groups in total. The summed E-state index contributed by atoms with van der Waals surface area (Å²) in [5.74, 6) is -0.191. The number of hydrogen-bond acceptors (Lipinski definition) is 5. The van der Waals surface area contributed by atoms with Crippen LogP contribution >= 0.6 is 11.6 Å². The average molecular weight is 347 g/mol. The first kappa shape index (κ1) is 16.2. The van der Waals surface area contributed by atoms with Crippen molar-refractivity contribution in [1.82, 2.24) is 9.88 Å². The van der Waals surface area contributed by atoms with Gasteiger partial charge in [0.1, 0.15) is 0 Å². The SMILES string of the molecule is O=C(c1ccc(Cl)cc1)N1CCN(c2ccc([N+](=O)[O-])nc2)CC1. The molecular formula is C16H15ClN4O3. The lowest BCUT2D eigenvalue weighted by Crippen LogP contribution is -2.48. The number of benzene rings is 1. The van der Waals surface area contributed by atoms with Crippen LogP contribution in [0.15, 0.2) is 42.6 Å². The first-order chi connectivity index (χ1) is 11.5. The lowest BCUT2D eigenvalue weighted by Gasteiger charge is -2.35. The van der Waals surface area contributed by atoms with E-state index in [1.165, 1.54) is 12.3 Å². The van der Waals surface area contributed by atoms with Crippen LogP contribution in [0.2, 0.25) is 5.02 Å². The van der Waals surface area contributed by atoms with Crippen LogP contribution in [0, 0.1) is 10.1 Å². The van der Waals surface area contributed by atoms with Gasteiger partial charge in [0.05, 0.1) is 5.69 Å². The molecule has 0 aliphatic carbocycles. The number of carbonyl (C=O) groups excluding carboxylic acids is 1. The fourth-order valence-corrected chi connectivity index (χ4v) is 2.74. The molecule has 0 bridgehead atoms. The summed E-state index contributed by atoms with van der Waals surface area (Å²) in [4.78, 5) is 30.2. The summed E-state index contributed by atoms with van der Waals surface area (Å²) < 4.78 is 0. The number of hydrogen-bond donors (Lipinski definition) is 0. The minimum atomic E-state index is -0.521. The van der Waals surface area contributed by atoms with E-state index in [1.807, 2.05) is 0 Å². The van der Waals surface area contributed by atoms with Gasteiger partial charge in [0, 0.05) is 42.8 Å². The molecule has 2 aromatic rings. The minimum Gasteiger partial charge on any atom is -0.365 e. The highest BCUT2D eigenvalue weighted by atomic mass is 35.5. The van der Waals surface area contributed by atoms with E-state index in [0.717, 1.165) is 5.69 Å². The van der Waals surface area contributed by atoms with Crippen LogP contribution < -0.4 is 4.90 Å². The third-order valence-electron chi connectivity index (χ3n) is 3.94. The summed E-state index contributed by atoms with van der Waals surface area (Å²) >= 11 is 5.84. The van der Waals surface area contributed by atoms with Gasteiger partial charge in [-0.25, -0.2) is 0 Å². The Morgan fingerprint density at radius 1 is 1.08 bits per heavy atom. The molecule has 0 saturated carbocycles. The van der Waals surface area contributed by atoms with E-state index < -0.39 is 4.92 Å². The van der Waals surface area contributed by atoms with Crippen molar-refractivity contribution in [3.63, 3.8) is 0 Å². The molecule has 0 atom stereocenters. The van der Waals surface area contributed by atoms with E-state index in [-0.39, 0.29) is 11.7 Å². The molecule has 0 unspecified atom stereocenters. The molecule has 1 saturated heterocycles. The number of halogens is 1. The fraction of sp³-hybridized carbons (Fsp3) is 0.250. The molecule has 24 heavy (non-hydrogen) atoms. The van der Waals surface area contributed by atoms with Crippen LogP contribution in [0.3, 0.4) is 0 Å². The number of anilines is 1. The Morgan fingerprint density at radius 2 is 1.75 bits per heavy atom. The number of piperazine rings is 1. The smallest absolute Gasteiger partial charge is 0.363 e. The highest BCUT2D eigenvalue weighted by molar-refractivity contribution is 6.30. The van der Waals surface area contributed by atoms with Gasteiger partial charge in [-0.05, 0) is 40.2 Å². The Balaban J connectivity index is 1.62. The van der Waals surface area contributed by atoms with Gasteiger partial charge in [-0.15, -0.1) is 0 Å². The van der Waals surface area contributed by atoms with E-state index in [4.69, 9.17) is 11.6 Å². The van der Waals surface area contributed by atoms with Crippen LogP contribution in [0.1, 0.15) is 10.4 Å². The van der Waals surface area contributed by atoms with Crippen molar-refractivity contribution >= 4 is 29.0 Å². The fourth-order valence-electron chi connectivity index (χ4n) is 2.62. The Labute approximate surface area is 143 Å². The lowest BCUT2D eigenvalue weighted by atomic mass is 10.2. The molecule has 1 amide bonds. The number of nitrogens with zero attached hydrogens (tertiary/aromatic N) is 4. The van der Waals surface area contributed by atoms with E-state index in [0.29, 0.717) is 36.8 Å². The van der Waals surface area contributed by atoms with Crippen LogP contribution in [0.4, 0.5) is 11.5 Å². The monoisotopic (exact) mass is 346 g/mol. The number of pyridine rings is 1. The summed E-state index contributed by atoms with van der Waals surface area (Å²) in [5, 5.41) is 11.2. The average Bonchev–Trinajstić information content (AvgIpc) is 2.62. The molecule has 124 valence electrons. The summed E-state index contributed by atoms with van der Waals surface area (Å²) in [6.07, 6.45) is 1.49. The first-order valence-corrected chi connectivity index (χ1v) is 7.82. The van der Waals surface area contributed by atoms with Crippen molar-refractivity contribution in [2.45, 2.75) is 0 Å². The second-order valence-electron chi connectivity index (χ2n) is 5.42.